The lowest BCUT2D eigenvalue weighted by atomic mass is 10.0. The molecule has 4 rings (SSSR count). The lowest BCUT2D eigenvalue weighted by Gasteiger charge is -2.18. The predicted octanol–water partition coefficient (Wildman–Crippen LogP) is 4.35. The van der Waals surface area contributed by atoms with Gasteiger partial charge in [0.25, 0.3) is 0 Å². The third kappa shape index (κ3) is 5.14. The lowest BCUT2D eigenvalue weighted by Crippen LogP contribution is -2.16. The van der Waals surface area contributed by atoms with Gasteiger partial charge in [0, 0.05) is 12.2 Å². The minimum absolute atomic E-state index is 0.0676. The Kier molecular flexibility index (Phi) is 6.30. The average molecular weight is 448 g/mol. The third-order valence-corrected chi connectivity index (χ3v) is 5.41. The topological polar surface area (TPSA) is 97.6 Å². The molecule has 0 radical (unpaired) electrons. The molecule has 33 heavy (non-hydrogen) atoms. The molecule has 170 valence electrons. The number of halogens is 1. The normalized spacial score (nSPS) is 12.0. The Morgan fingerprint density at radius 1 is 1.18 bits per heavy atom. The summed E-state index contributed by atoms with van der Waals surface area (Å²) in [6.07, 6.45) is 3.63. The molecule has 0 saturated heterocycles. The van der Waals surface area contributed by atoms with Crippen molar-refractivity contribution in [2.45, 2.75) is 46.7 Å². The second-order valence-corrected chi connectivity index (χ2v) is 7.98. The maximum absolute atomic E-state index is 13.4. The smallest absolute Gasteiger partial charge is 0.230 e. The summed E-state index contributed by atoms with van der Waals surface area (Å²) in [5.74, 6) is 0.0288. The molecule has 0 aliphatic rings. The lowest BCUT2D eigenvalue weighted by molar-refractivity contribution is -0.115. The van der Waals surface area contributed by atoms with Crippen molar-refractivity contribution in [2.24, 2.45) is 0 Å². The Hall–Kier alpha value is -3.88. The van der Waals surface area contributed by atoms with E-state index in [2.05, 4.69) is 30.7 Å². The van der Waals surface area contributed by atoms with Crippen LogP contribution in [-0.2, 0) is 17.8 Å². The Bertz CT molecular complexity index is 1320. The van der Waals surface area contributed by atoms with Crippen LogP contribution in [0.2, 0.25) is 0 Å². The summed E-state index contributed by atoms with van der Waals surface area (Å²) in [5, 5.41) is 10.7. The van der Waals surface area contributed by atoms with Crippen LogP contribution in [0, 0.1) is 19.7 Å². The largest absolute Gasteiger partial charge is 0.362 e. The zero-order valence-corrected chi connectivity index (χ0v) is 19.1. The molecule has 0 aliphatic carbocycles. The highest BCUT2D eigenvalue weighted by Gasteiger charge is 2.13. The predicted molar refractivity (Wildman–Crippen MR) is 125 cm³/mol. The molecule has 0 fully saturated rings. The molecule has 0 aliphatic heterocycles. The zero-order chi connectivity index (χ0) is 23.5. The number of carbonyl (C=O) groups is 1. The van der Waals surface area contributed by atoms with Crippen LogP contribution in [0.25, 0.3) is 11.2 Å². The van der Waals surface area contributed by atoms with Gasteiger partial charge in [-0.15, -0.1) is 0 Å². The molecule has 0 saturated carbocycles. The van der Waals surface area contributed by atoms with Crippen LogP contribution in [0.5, 0.6) is 0 Å². The highest BCUT2D eigenvalue weighted by Crippen LogP contribution is 2.25. The number of amides is 1. The first-order valence-electron chi connectivity index (χ1n) is 10.8. The number of anilines is 2. The van der Waals surface area contributed by atoms with Gasteiger partial charge in [-0.1, -0.05) is 6.07 Å². The van der Waals surface area contributed by atoms with Gasteiger partial charge in [0.2, 0.25) is 11.6 Å². The van der Waals surface area contributed by atoms with Gasteiger partial charge in [-0.3, -0.25) is 14.5 Å². The third-order valence-electron chi connectivity index (χ3n) is 5.41. The van der Waals surface area contributed by atoms with Crippen LogP contribution < -0.4 is 10.6 Å². The minimum Gasteiger partial charge on any atom is -0.362 e. The van der Waals surface area contributed by atoms with E-state index in [9.17, 15) is 9.18 Å². The highest BCUT2D eigenvalue weighted by atomic mass is 19.1. The van der Waals surface area contributed by atoms with Crippen molar-refractivity contribution in [1.29, 1.82) is 0 Å². The number of hydrogen-bond donors (Lipinski definition) is 2. The van der Waals surface area contributed by atoms with E-state index in [1.807, 2.05) is 45.2 Å². The van der Waals surface area contributed by atoms with E-state index in [1.165, 1.54) is 12.1 Å². The SMILES string of the molecule is CCn1cc2ncc(N[C@@H](C)c3cc(NC(=O)Cc4ccc(F)c(C)n4)ccc3C)nc2n1. The van der Waals surface area contributed by atoms with Crippen LogP contribution in [0.4, 0.5) is 15.9 Å². The fourth-order valence-electron chi connectivity index (χ4n) is 3.63. The molecule has 9 heteroatoms. The summed E-state index contributed by atoms with van der Waals surface area (Å²) in [4.78, 5) is 25.6. The van der Waals surface area contributed by atoms with Gasteiger partial charge in [0.05, 0.1) is 36.2 Å². The van der Waals surface area contributed by atoms with Crippen LogP contribution in [0.1, 0.15) is 42.4 Å². The zero-order valence-electron chi connectivity index (χ0n) is 19.1. The van der Waals surface area contributed by atoms with Crippen molar-refractivity contribution in [3.8, 4) is 0 Å². The van der Waals surface area contributed by atoms with Gasteiger partial charge in [-0.05, 0) is 63.1 Å². The molecule has 8 nitrogen and oxygen atoms in total. The summed E-state index contributed by atoms with van der Waals surface area (Å²) in [7, 11) is 0. The van der Waals surface area contributed by atoms with E-state index >= 15 is 0 Å². The van der Waals surface area contributed by atoms with E-state index < -0.39 is 0 Å². The van der Waals surface area contributed by atoms with Gasteiger partial charge in [-0.2, -0.15) is 5.10 Å². The minimum atomic E-state index is -0.383. The molecular weight excluding hydrogens is 421 g/mol. The summed E-state index contributed by atoms with van der Waals surface area (Å²) >= 11 is 0. The monoisotopic (exact) mass is 447 g/mol. The number of pyridine rings is 1. The molecule has 1 atom stereocenters. The molecule has 0 spiro atoms. The Balaban J connectivity index is 1.46. The molecule has 3 aromatic heterocycles. The van der Waals surface area contributed by atoms with Crippen molar-refractivity contribution in [3.05, 3.63) is 71.1 Å². The van der Waals surface area contributed by atoms with E-state index in [-0.39, 0.29) is 29.9 Å². The number of rotatable bonds is 7. The summed E-state index contributed by atoms with van der Waals surface area (Å²) in [5.41, 5.74) is 4.92. The Morgan fingerprint density at radius 3 is 2.76 bits per heavy atom. The number of aryl methyl sites for hydroxylation is 3. The first-order valence-corrected chi connectivity index (χ1v) is 10.8. The number of nitrogens with zero attached hydrogens (tertiary/aromatic N) is 5. The molecule has 1 amide bonds. The van der Waals surface area contributed by atoms with Gasteiger partial charge < -0.3 is 10.6 Å². The van der Waals surface area contributed by atoms with E-state index in [1.54, 1.807) is 17.8 Å². The van der Waals surface area contributed by atoms with E-state index in [0.717, 1.165) is 23.2 Å². The molecule has 0 unspecified atom stereocenters. The van der Waals surface area contributed by atoms with Gasteiger partial charge >= 0.3 is 0 Å². The molecule has 3 heterocycles. The molecule has 4 aromatic rings. The van der Waals surface area contributed by atoms with Crippen molar-refractivity contribution in [3.63, 3.8) is 0 Å². The maximum Gasteiger partial charge on any atom is 0.230 e. The first-order chi connectivity index (χ1) is 15.8. The molecular formula is C24H26FN7O. The Labute approximate surface area is 191 Å². The fourth-order valence-corrected chi connectivity index (χ4v) is 3.63. The fraction of sp³-hybridized carbons (Fsp3) is 0.292. The van der Waals surface area contributed by atoms with E-state index in [4.69, 9.17) is 0 Å². The quantitative estimate of drug-likeness (QED) is 0.437. The highest BCUT2D eigenvalue weighted by molar-refractivity contribution is 5.92. The number of hydrogen-bond acceptors (Lipinski definition) is 6. The number of benzene rings is 1. The van der Waals surface area contributed by atoms with Gasteiger partial charge in [0.1, 0.15) is 17.2 Å². The van der Waals surface area contributed by atoms with E-state index in [0.29, 0.717) is 22.8 Å². The molecule has 1 aromatic carbocycles. The molecule has 2 N–H and O–H groups in total. The number of fused-ring (bicyclic) bond motifs is 1. The van der Waals surface area contributed by atoms with Crippen LogP contribution in [0.15, 0.2) is 42.7 Å². The van der Waals surface area contributed by atoms with Gasteiger partial charge in [0.15, 0.2) is 0 Å². The van der Waals surface area contributed by atoms with Gasteiger partial charge in [-0.25, -0.2) is 14.4 Å². The average Bonchev–Trinajstić information content (AvgIpc) is 3.20. The maximum atomic E-state index is 13.4. The second-order valence-electron chi connectivity index (χ2n) is 7.98. The molecule has 0 bridgehead atoms. The standard InChI is InChI=1S/C24H26FN7O/c1-5-32-13-21-24(31-32)30-22(12-26-21)28-15(3)19-10-17(7-6-14(19)2)29-23(33)11-18-8-9-20(25)16(4)27-18/h6-10,12-13,15H,5,11H2,1-4H3,(H,29,33)(H,28,30,31)/t15-/m0/s1. The summed E-state index contributed by atoms with van der Waals surface area (Å²) < 4.78 is 15.2. The van der Waals surface area contributed by atoms with Crippen molar-refractivity contribution in [2.75, 3.05) is 10.6 Å². The van der Waals surface area contributed by atoms with Crippen molar-refractivity contribution in [1.82, 2.24) is 24.7 Å². The summed E-state index contributed by atoms with van der Waals surface area (Å²) in [6, 6.07) is 8.53. The number of nitrogens with one attached hydrogen (secondary N) is 2. The second kappa shape index (κ2) is 9.32. The van der Waals surface area contributed by atoms with Crippen molar-refractivity contribution < 1.29 is 9.18 Å². The van der Waals surface area contributed by atoms with Crippen molar-refractivity contribution >= 4 is 28.6 Å². The van der Waals surface area contributed by atoms with Crippen LogP contribution >= 0.6 is 0 Å². The number of carbonyl (C=O) groups excluding carboxylic acids is 1. The summed E-state index contributed by atoms with van der Waals surface area (Å²) in [6.45, 7) is 8.39. The Morgan fingerprint density at radius 2 is 2.00 bits per heavy atom. The van der Waals surface area contributed by atoms with Crippen LogP contribution in [-0.4, -0.2) is 30.6 Å². The number of aromatic nitrogens is 5. The van der Waals surface area contributed by atoms with Crippen LogP contribution in [0.3, 0.4) is 0 Å². The first kappa shape index (κ1) is 22.3.